The predicted molar refractivity (Wildman–Crippen MR) is 104 cm³/mol. The number of ether oxygens (including phenoxy) is 1. The average Bonchev–Trinajstić information content (AvgIpc) is 2.69. The molecule has 4 rings (SSSR count). The van der Waals surface area contributed by atoms with Crippen LogP contribution < -0.4 is 15.6 Å². The van der Waals surface area contributed by atoms with Crippen molar-refractivity contribution in [3.8, 4) is 0 Å². The Morgan fingerprint density at radius 1 is 1.19 bits per heavy atom. The number of nitrogens with zero attached hydrogens (tertiary/aromatic N) is 3. The zero-order chi connectivity index (χ0) is 18.8. The molecule has 1 unspecified atom stereocenters. The zero-order valence-corrected chi connectivity index (χ0v) is 15.4. The predicted octanol–water partition coefficient (Wildman–Crippen LogP) is 2.90. The molecule has 1 atom stereocenters. The van der Waals surface area contributed by atoms with Crippen molar-refractivity contribution in [3.63, 3.8) is 0 Å². The molecule has 3 heterocycles. The molecule has 0 aliphatic carbocycles. The number of aromatic nitrogens is 2. The van der Waals surface area contributed by atoms with Gasteiger partial charge < -0.3 is 19.4 Å². The van der Waals surface area contributed by atoms with Gasteiger partial charge >= 0.3 is 0 Å². The largest absolute Gasteiger partial charge is 0.440 e. The lowest BCUT2D eigenvalue weighted by molar-refractivity contribution is 0.121. The molecule has 0 saturated carbocycles. The molecule has 0 bridgehead atoms. The fourth-order valence-electron chi connectivity index (χ4n) is 3.39. The van der Waals surface area contributed by atoms with Gasteiger partial charge in [0.05, 0.1) is 42.7 Å². The lowest BCUT2D eigenvalue weighted by atomic mass is 10.0. The van der Waals surface area contributed by atoms with E-state index < -0.39 is 0 Å². The Morgan fingerprint density at radius 2 is 2.00 bits per heavy atom. The van der Waals surface area contributed by atoms with Crippen LogP contribution in [0.25, 0.3) is 11.0 Å². The van der Waals surface area contributed by atoms with Crippen molar-refractivity contribution in [1.29, 1.82) is 0 Å². The second-order valence-corrected chi connectivity index (χ2v) is 6.78. The third-order valence-electron chi connectivity index (χ3n) is 4.75. The molecule has 0 amide bonds. The highest BCUT2D eigenvalue weighted by atomic mass is 16.5. The molecule has 0 spiro atoms. The van der Waals surface area contributed by atoms with Crippen molar-refractivity contribution < 1.29 is 9.15 Å². The Hall–Kier alpha value is -2.93. The Balaban J connectivity index is 1.78. The maximum Gasteiger partial charge on any atom is 0.200 e. The highest BCUT2D eigenvalue weighted by molar-refractivity contribution is 5.82. The molecule has 140 valence electrons. The summed E-state index contributed by atoms with van der Waals surface area (Å²) in [6.45, 7) is 6.72. The van der Waals surface area contributed by atoms with Gasteiger partial charge in [-0.3, -0.25) is 4.79 Å². The smallest absolute Gasteiger partial charge is 0.200 e. The number of nitrogens with one attached hydrogen (secondary N) is 1. The molecular weight excluding hydrogens is 344 g/mol. The summed E-state index contributed by atoms with van der Waals surface area (Å²) in [6, 6.07) is 7.31. The van der Waals surface area contributed by atoms with Crippen LogP contribution in [0.1, 0.15) is 24.1 Å². The zero-order valence-electron chi connectivity index (χ0n) is 15.4. The molecule has 1 aromatic carbocycles. The summed E-state index contributed by atoms with van der Waals surface area (Å²) >= 11 is 0. The minimum absolute atomic E-state index is 0.0273. The van der Waals surface area contributed by atoms with Crippen LogP contribution in [0.3, 0.4) is 0 Å². The molecule has 7 heteroatoms. The SMILES string of the molecule is Cc1cc(C(C)Nc2ccnnc2)c2oc(N3CCOCC3)cc(=O)c2c1. The van der Waals surface area contributed by atoms with Crippen LogP contribution in [0, 0.1) is 6.92 Å². The first-order chi connectivity index (χ1) is 13.1. The summed E-state index contributed by atoms with van der Waals surface area (Å²) in [6.07, 6.45) is 3.31. The van der Waals surface area contributed by atoms with Crippen molar-refractivity contribution >= 4 is 22.5 Å². The standard InChI is InChI=1S/C20H22N4O3/c1-13-9-16(14(2)23-15-3-4-21-22-12-15)20-17(10-13)18(25)11-19(27-20)24-5-7-26-8-6-24/h3-4,9-12,14H,5-8H2,1-2H3,(H,21,23). The molecule has 3 aromatic rings. The molecule has 7 nitrogen and oxygen atoms in total. The maximum absolute atomic E-state index is 12.8. The fraction of sp³-hybridized carbons (Fsp3) is 0.350. The van der Waals surface area contributed by atoms with Crippen LogP contribution in [-0.2, 0) is 4.74 Å². The molecule has 0 radical (unpaired) electrons. The van der Waals surface area contributed by atoms with E-state index in [1.165, 1.54) is 0 Å². The second-order valence-electron chi connectivity index (χ2n) is 6.78. The lowest BCUT2D eigenvalue weighted by Gasteiger charge is -2.27. The van der Waals surface area contributed by atoms with E-state index in [1.54, 1.807) is 18.5 Å². The summed E-state index contributed by atoms with van der Waals surface area (Å²) < 4.78 is 11.6. The Labute approximate surface area is 157 Å². The Bertz CT molecular complexity index is 997. The number of fused-ring (bicyclic) bond motifs is 1. The Kier molecular flexibility index (Phi) is 4.77. The summed E-state index contributed by atoms with van der Waals surface area (Å²) in [7, 11) is 0. The van der Waals surface area contributed by atoms with Crippen LogP contribution in [0.15, 0.2) is 45.9 Å². The van der Waals surface area contributed by atoms with E-state index in [0.717, 1.165) is 16.8 Å². The lowest BCUT2D eigenvalue weighted by Crippen LogP contribution is -2.36. The van der Waals surface area contributed by atoms with E-state index in [2.05, 4.69) is 26.5 Å². The Morgan fingerprint density at radius 3 is 2.74 bits per heavy atom. The number of morpholine rings is 1. The number of aryl methyl sites for hydroxylation is 1. The first kappa shape index (κ1) is 17.5. The number of hydrogen-bond acceptors (Lipinski definition) is 7. The number of hydrogen-bond donors (Lipinski definition) is 1. The summed E-state index contributed by atoms with van der Waals surface area (Å²) in [5.41, 5.74) is 3.41. The summed E-state index contributed by atoms with van der Waals surface area (Å²) in [5, 5.41) is 11.7. The monoisotopic (exact) mass is 366 g/mol. The van der Waals surface area contributed by atoms with Gasteiger partial charge in [-0.25, -0.2) is 0 Å². The molecule has 1 N–H and O–H groups in total. The minimum Gasteiger partial charge on any atom is -0.440 e. The maximum atomic E-state index is 12.8. The topological polar surface area (TPSA) is 80.5 Å². The highest BCUT2D eigenvalue weighted by Gasteiger charge is 2.19. The molecule has 1 aliphatic rings. The van der Waals surface area contributed by atoms with E-state index in [9.17, 15) is 4.79 Å². The van der Waals surface area contributed by atoms with Crippen molar-refractivity contribution in [2.24, 2.45) is 0 Å². The van der Waals surface area contributed by atoms with Crippen LogP contribution in [-0.4, -0.2) is 36.5 Å². The van der Waals surface area contributed by atoms with Crippen molar-refractivity contribution in [2.45, 2.75) is 19.9 Å². The van der Waals surface area contributed by atoms with E-state index in [1.807, 2.05) is 26.0 Å². The third kappa shape index (κ3) is 3.64. The first-order valence-electron chi connectivity index (χ1n) is 9.06. The average molecular weight is 366 g/mol. The van der Waals surface area contributed by atoms with Crippen molar-refractivity contribution in [1.82, 2.24) is 10.2 Å². The number of rotatable bonds is 4. The van der Waals surface area contributed by atoms with E-state index in [-0.39, 0.29) is 11.5 Å². The molecule has 1 aliphatic heterocycles. The van der Waals surface area contributed by atoms with Gasteiger partial charge in [-0.2, -0.15) is 10.2 Å². The van der Waals surface area contributed by atoms with Crippen LogP contribution in [0.2, 0.25) is 0 Å². The minimum atomic E-state index is -0.0697. The highest BCUT2D eigenvalue weighted by Crippen LogP contribution is 2.29. The molecule has 27 heavy (non-hydrogen) atoms. The van der Waals surface area contributed by atoms with Crippen LogP contribution in [0.4, 0.5) is 11.6 Å². The van der Waals surface area contributed by atoms with Gasteiger partial charge in [-0.05, 0) is 31.5 Å². The molecule has 1 saturated heterocycles. The van der Waals surface area contributed by atoms with E-state index in [0.29, 0.717) is 43.2 Å². The van der Waals surface area contributed by atoms with Crippen LogP contribution >= 0.6 is 0 Å². The van der Waals surface area contributed by atoms with Gasteiger partial charge in [0.15, 0.2) is 11.3 Å². The van der Waals surface area contributed by atoms with Gasteiger partial charge in [-0.1, -0.05) is 6.07 Å². The third-order valence-corrected chi connectivity index (χ3v) is 4.75. The van der Waals surface area contributed by atoms with Gasteiger partial charge in [0, 0.05) is 24.7 Å². The number of anilines is 2. The van der Waals surface area contributed by atoms with E-state index in [4.69, 9.17) is 9.15 Å². The quantitative estimate of drug-likeness (QED) is 0.760. The fourth-order valence-corrected chi connectivity index (χ4v) is 3.39. The normalized spacial score (nSPS) is 15.7. The van der Waals surface area contributed by atoms with Crippen molar-refractivity contribution in [2.75, 3.05) is 36.5 Å². The van der Waals surface area contributed by atoms with Gasteiger partial charge in [0.1, 0.15) is 5.58 Å². The second kappa shape index (κ2) is 7.36. The van der Waals surface area contributed by atoms with Crippen molar-refractivity contribution in [3.05, 3.63) is 58.0 Å². The molecular formula is C20H22N4O3. The van der Waals surface area contributed by atoms with Gasteiger partial charge in [0.2, 0.25) is 0 Å². The molecule has 1 fully saturated rings. The summed E-state index contributed by atoms with van der Waals surface area (Å²) in [4.78, 5) is 14.8. The molecule has 2 aromatic heterocycles. The first-order valence-corrected chi connectivity index (χ1v) is 9.06. The van der Waals surface area contributed by atoms with Gasteiger partial charge in [-0.15, -0.1) is 0 Å². The van der Waals surface area contributed by atoms with Crippen LogP contribution in [0.5, 0.6) is 0 Å². The number of benzene rings is 1. The van der Waals surface area contributed by atoms with Gasteiger partial charge in [0.25, 0.3) is 0 Å². The van der Waals surface area contributed by atoms with E-state index >= 15 is 0 Å². The summed E-state index contributed by atoms with van der Waals surface area (Å²) in [5.74, 6) is 0.596.